The number of ether oxygens (including phenoxy) is 1. The van der Waals surface area contributed by atoms with Crippen LogP contribution in [0.25, 0.3) is 10.9 Å². The zero-order chi connectivity index (χ0) is 19.8. The molecule has 0 aliphatic heterocycles. The van der Waals surface area contributed by atoms with Crippen molar-refractivity contribution in [1.29, 1.82) is 10.8 Å². The van der Waals surface area contributed by atoms with E-state index in [1.807, 2.05) is 64.1 Å². The molecule has 0 radical (unpaired) electrons. The van der Waals surface area contributed by atoms with Crippen LogP contribution in [0.1, 0.15) is 36.2 Å². The van der Waals surface area contributed by atoms with Crippen molar-refractivity contribution in [2.24, 2.45) is 0 Å². The molecule has 0 saturated heterocycles. The van der Waals surface area contributed by atoms with Crippen molar-refractivity contribution in [2.45, 2.75) is 33.1 Å². The molecule has 1 aromatic heterocycles. The predicted molar refractivity (Wildman–Crippen MR) is 111 cm³/mol. The third-order valence-corrected chi connectivity index (χ3v) is 5.15. The molecule has 2 N–H and O–H groups in total. The summed E-state index contributed by atoms with van der Waals surface area (Å²) >= 11 is 5.96. The van der Waals surface area contributed by atoms with Crippen molar-refractivity contribution in [3.05, 3.63) is 75.9 Å². The van der Waals surface area contributed by atoms with Crippen molar-refractivity contribution in [3.8, 4) is 0 Å². The van der Waals surface area contributed by atoms with Gasteiger partial charge in [0.05, 0.1) is 22.2 Å². The predicted octanol–water partition coefficient (Wildman–Crippen LogP) is 5.80. The smallest absolute Gasteiger partial charge is 0.223 e. The van der Waals surface area contributed by atoms with Crippen molar-refractivity contribution in [1.82, 2.24) is 4.98 Å². The van der Waals surface area contributed by atoms with Gasteiger partial charge in [0.2, 0.25) is 5.90 Å². The third kappa shape index (κ3) is 3.58. The highest BCUT2D eigenvalue weighted by Crippen LogP contribution is 2.28. The summed E-state index contributed by atoms with van der Waals surface area (Å²) in [6, 6.07) is 15.2. The van der Waals surface area contributed by atoms with E-state index in [0.717, 1.165) is 22.0 Å². The van der Waals surface area contributed by atoms with Gasteiger partial charge in [0.25, 0.3) is 0 Å². The summed E-state index contributed by atoms with van der Waals surface area (Å²) in [5, 5.41) is 18.5. The van der Waals surface area contributed by atoms with Gasteiger partial charge < -0.3 is 4.74 Å². The van der Waals surface area contributed by atoms with Crippen LogP contribution in [0.5, 0.6) is 0 Å². The van der Waals surface area contributed by atoms with Crippen LogP contribution in [0.15, 0.2) is 48.5 Å². The molecule has 2 aromatic carbocycles. The molecule has 0 saturated carbocycles. The first kappa shape index (κ1) is 19.1. The Hall–Kier alpha value is -2.72. The van der Waals surface area contributed by atoms with Gasteiger partial charge in [0.1, 0.15) is 0 Å². The largest absolute Gasteiger partial charge is 0.424 e. The highest BCUT2D eigenvalue weighted by atomic mass is 35.5. The van der Waals surface area contributed by atoms with Crippen LogP contribution < -0.4 is 0 Å². The maximum absolute atomic E-state index is 8.47. The molecule has 27 heavy (non-hydrogen) atoms. The number of pyridine rings is 1. The number of halogens is 1. The Kier molecular flexibility index (Phi) is 5.03. The normalized spacial score (nSPS) is 11.4. The SMILES string of the molecule is Cc1nc2ccccc2c(C)c1C(=N)OC(=N)C(C)(C)c1ccc(Cl)cc1. The Morgan fingerprint density at radius 1 is 1.00 bits per heavy atom. The fraction of sp³-hybridized carbons (Fsp3) is 0.227. The summed E-state index contributed by atoms with van der Waals surface area (Å²) in [5.41, 5.74) is 3.37. The van der Waals surface area contributed by atoms with E-state index in [1.165, 1.54) is 0 Å². The molecular weight excluding hydrogens is 358 g/mol. The van der Waals surface area contributed by atoms with Crippen LogP contribution in [-0.2, 0) is 10.2 Å². The lowest BCUT2D eigenvalue weighted by atomic mass is 9.84. The van der Waals surface area contributed by atoms with Gasteiger partial charge in [-0.15, -0.1) is 0 Å². The van der Waals surface area contributed by atoms with Gasteiger partial charge in [-0.25, -0.2) is 0 Å². The van der Waals surface area contributed by atoms with E-state index in [-0.39, 0.29) is 11.8 Å². The highest BCUT2D eigenvalue weighted by molar-refractivity contribution is 6.30. The number of hydrogen-bond acceptors (Lipinski definition) is 4. The van der Waals surface area contributed by atoms with E-state index in [4.69, 9.17) is 27.2 Å². The standard InChI is InChI=1S/C22H22ClN3O/c1-13-17-7-5-6-8-18(17)26-14(2)19(13)20(24)27-21(25)22(3,4)15-9-11-16(23)12-10-15/h5-12,24-25H,1-4H3. The van der Waals surface area contributed by atoms with E-state index in [9.17, 15) is 0 Å². The van der Waals surface area contributed by atoms with Crippen LogP contribution in [0, 0.1) is 24.7 Å². The van der Waals surface area contributed by atoms with Gasteiger partial charge in [-0.2, -0.15) is 0 Å². The fourth-order valence-corrected chi connectivity index (χ4v) is 3.27. The minimum Gasteiger partial charge on any atom is -0.424 e. The second-order valence-corrected chi connectivity index (χ2v) is 7.54. The summed E-state index contributed by atoms with van der Waals surface area (Å²) in [7, 11) is 0. The van der Waals surface area contributed by atoms with Crippen molar-refractivity contribution in [3.63, 3.8) is 0 Å². The van der Waals surface area contributed by atoms with Crippen molar-refractivity contribution in [2.75, 3.05) is 0 Å². The Morgan fingerprint density at radius 2 is 1.63 bits per heavy atom. The van der Waals surface area contributed by atoms with Gasteiger partial charge in [-0.05, 0) is 57.0 Å². The van der Waals surface area contributed by atoms with Gasteiger partial charge in [0, 0.05) is 10.4 Å². The third-order valence-electron chi connectivity index (χ3n) is 4.90. The number of para-hydroxylation sites is 1. The van der Waals surface area contributed by atoms with Gasteiger partial charge in [-0.3, -0.25) is 15.8 Å². The van der Waals surface area contributed by atoms with E-state index >= 15 is 0 Å². The summed E-state index contributed by atoms with van der Waals surface area (Å²) in [5.74, 6) is -0.0583. The van der Waals surface area contributed by atoms with Crippen molar-refractivity contribution < 1.29 is 4.74 Å². The number of nitrogens with zero attached hydrogens (tertiary/aromatic N) is 1. The summed E-state index contributed by atoms with van der Waals surface area (Å²) in [6.45, 7) is 7.60. The molecule has 3 rings (SSSR count). The molecule has 0 amide bonds. The van der Waals surface area contributed by atoms with E-state index in [2.05, 4.69) is 4.98 Å². The molecule has 0 bridgehead atoms. The quantitative estimate of drug-likeness (QED) is 0.445. The first-order valence-electron chi connectivity index (χ1n) is 8.69. The maximum Gasteiger partial charge on any atom is 0.223 e. The molecule has 0 aliphatic carbocycles. The topological polar surface area (TPSA) is 69.8 Å². The molecule has 0 atom stereocenters. The Morgan fingerprint density at radius 3 is 2.30 bits per heavy atom. The lowest BCUT2D eigenvalue weighted by Gasteiger charge is -2.26. The number of rotatable bonds is 3. The summed E-state index contributed by atoms with van der Waals surface area (Å²) in [6.07, 6.45) is 0. The zero-order valence-corrected chi connectivity index (χ0v) is 16.6. The fourth-order valence-electron chi connectivity index (χ4n) is 3.14. The number of fused-ring (bicyclic) bond motifs is 1. The number of aromatic nitrogens is 1. The lowest BCUT2D eigenvalue weighted by Crippen LogP contribution is -2.32. The summed E-state index contributed by atoms with van der Waals surface area (Å²) < 4.78 is 5.69. The average molecular weight is 380 g/mol. The van der Waals surface area contributed by atoms with Crippen LogP contribution in [0.4, 0.5) is 0 Å². The Balaban J connectivity index is 1.92. The first-order valence-corrected chi connectivity index (χ1v) is 9.07. The molecule has 5 heteroatoms. The van der Waals surface area contributed by atoms with Gasteiger partial charge in [-0.1, -0.05) is 41.9 Å². The number of hydrogen-bond donors (Lipinski definition) is 2. The number of benzene rings is 2. The van der Waals surface area contributed by atoms with Crippen LogP contribution in [0.2, 0.25) is 5.02 Å². The monoisotopic (exact) mass is 379 g/mol. The van der Waals surface area contributed by atoms with E-state index < -0.39 is 5.41 Å². The summed E-state index contributed by atoms with van der Waals surface area (Å²) in [4.78, 5) is 4.59. The van der Waals surface area contributed by atoms with Crippen LogP contribution >= 0.6 is 11.6 Å². The molecule has 138 valence electrons. The lowest BCUT2D eigenvalue weighted by molar-refractivity contribution is 0.463. The Labute approximate surface area is 164 Å². The molecule has 4 nitrogen and oxygen atoms in total. The average Bonchev–Trinajstić information content (AvgIpc) is 2.62. The first-order chi connectivity index (χ1) is 12.7. The molecule has 0 spiro atoms. The molecule has 0 unspecified atom stereocenters. The minimum atomic E-state index is -0.691. The molecule has 1 heterocycles. The van der Waals surface area contributed by atoms with Crippen LogP contribution in [-0.4, -0.2) is 16.8 Å². The maximum atomic E-state index is 8.47. The van der Waals surface area contributed by atoms with E-state index in [0.29, 0.717) is 16.3 Å². The molecule has 0 aliphatic rings. The zero-order valence-electron chi connectivity index (χ0n) is 15.9. The Bertz CT molecular complexity index is 1040. The van der Waals surface area contributed by atoms with E-state index in [1.54, 1.807) is 12.1 Å². The molecular formula is C22H22ClN3O. The highest BCUT2D eigenvalue weighted by Gasteiger charge is 2.30. The molecule has 0 fully saturated rings. The number of nitrogens with one attached hydrogen (secondary N) is 2. The van der Waals surface area contributed by atoms with Crippen LogP contribution in [0.3, 0.4) is 0 Å². The van der Waals surface area contributed by atoms with Gasteiger partial charge in [0.15, 0.2) is 5.90 Å². The minimum absolute atomic E-state index is 0.00165. The second-order valence-electron chi connectivity index (χ2n) is 7.11. The second kappa shape index (κ2) is 7.12. The van der Waals surface area contributed by atoms with Crippen molar-refractivity contribution >= 4 is 34.3 Å². The number of aryl methyl sites for hydroxylation is 2. The van der Waals surface area contributed by atoms with Gasteiger partial charge >= 0.3 is 0 Å². The molecule has 3 aromatic rings.